The van der Waals surface area contributed by atoms with Gasteiger partial charge in [-0.1, -0.05) is 6.07 Å². The van der Waals surface area contributed by atoms with E-state index in [1.54, 1.807) is 0 Å². The van der Waals surface area contributed by atoms with E-state index in [0.29, 0.717) is 5.56 Å². The lowest BCUT2D eigenvalue weighted by atomic mass is 10.1. The van der Waals surface area contributed by atoms with E-state index in [1.807, 2.05) is 6.07 Å². The molecule has 0 bridgehead atoms. The number of nitrogens with zero attached hydrogens (tertiary/aromatic N) is 1. The van der Waals surface area contributed by atoms with Gasteiger partial charge in [0.05, 0.1) is 11.6 Å². The minimum absolute atomic E-state index is 0.0181. The third kappa shape index (κ3) is 3.05. The van der Waals surface area contributed by atoms with Gasteiger partial charge in [-0.2, -0.15) is 5.26 Å². The molecule has 19 heavy (non-hydrogen) atoms. The Morgan fingerprint density at radius 2 is 1.74 bits per heavy atom. The van der Waals surface area contributed by atoms with Crippen LogP contribution in [0.3, 0.4) is 0 Å². The first-order valence-electron chi connectivity index (χ1n) is 5.47. The lowest BCUT2D eigenvalue weighted by Gasteiger charge is -2.09. The SMILES string of the molecule is N#Cc1cc(F)cc(CNc2c(F)cccc2F)c1. The summed E-state index contributed by atoms with van der Waals surface area (Å²) < 4.78 is 39.9. The van der Waals surface area contributed by atoms with Gasteiger partial charge in [0, 0.05) is 6.54 Å². The van der Waals surface area contributed by atoms with Crippen LogP contribution in [0.2, 0.25) is 0 Å². The predicted molar refractivity (Wildman–Crippen MR) is 64.8 cm³/mol. The van der Waals surface area contributed by atoms with Crippen molar-refractivity contribution in [2.45, 2.75) is 6.54 Å². The minimum Gasteiger partial charge on any atom is -0.376 e. The number of anilines is 1. The Balaban J connectivity index is 2.19. The standard InChI is InChI=1S/C14H9F3N2/c15-11-5-9(7-18)4-10(6-11)8-19-14-12(16)2-1-3-13(14)17/h1-6,19H,8H2. The first-order valence-corrected chi connectivity index (χ1v) is 5.47. The van der Waals surface area contributed by atoms with Gasteiger partial charge in [0.25, 0.3) is 0 Å². The van der Waals surface area contributed by atoms with Crippen LogP contribution in [0.25, 0.3) is 0 Å². The number of nitrogens with one attached hydrogen (secondary N) is 1. The number of para-hydroxylation sites is 1. The molecule has 96 valence electrons. The van der Waals surface area contributed by atoms with Crippen molar-refractivity contribution >= 4 is 5.69 Å². The van der Waals surface area contributed by atoms with E-state index < -0.39 is 17.5 Å². The molecule has 1 N–H and O–H groups in total. The molecule has 0 spiro atoms. The van der Waals surface area contributed by atoms with Crippen LogP contribution in [0.15, 0.2) is 36.4 Å². The van der Waals surface area contributed by atoms with Crippen LogP contribution in [0.5, 0.6) is 0 Å². The van der Waals surface area contributed by atoms with E-state index in [1.165, 1.54) is 18.2 Å². The molecule has 2 rings (SSSR count). The topological polar surface area (TPSA) is 35.8 Å². The Kier molecular flexibility index (Phi) is 3.71. The van der Waals surface area contributed by atoms with Gasteiger partial charge in [0.15, 0.2) is 0 Å². The monoisotopic (exact) mass is 262 g/mol. The molecule has 0 amide bonds. The molecule has 0 fully saturated rings. The Labute approximate surface area is 108 Å². The van der Waals surface area contributed by atoms with Gasteiger partial charge in [-0.05, 0) is 35.9 Å². The first kappa shape index (κ1) is 13.0. The largest absolute Gasteiger partial charge is 0.376 e. The van der Waals surface area contributed by atoms with Gasteiger partial charge in [0.2, 0.25) is 0 Å². The van der Waals surface area contributed by atoms with Crippen LogP contribution in [-0.4, -0.2) is 0 Å². The molecule has 0 saturated heterocycles. The minimum atomic E-state index is -0.725. The Morgan fingerprint density at radius 1 is 1.05 bits per heavy atom. The molecule has 0 aliphatic heterocycles. The fourth-order valence-electron chi connectivity index (χ4n) is 1.67. The molecule has 0 unspecified atom stereocenters. The average molecular weight is 262 g/mol. The van der Waals surface area contributed by atoms with Gasteiger partial charge in [-0.25, -0.2) is 13.2 Å². The van der Waals surface area contributed by atoms with Crippen molar-refractivity contribution < 1.29 is 13.2 Å². The summed E-state index contributed by atoms with van der Waals surface area (Å²) in [6, 6.07) is 9.06. The van der Waals surface area contributed by atoms with E-state index in [4.69, 9.17) is 5.26 Å². The van der Waals surface area contributed by atoms with Crippen LogP contribution in [0.4, 0.5) is 18.9 Å². The third-order valence-corrected chi connectivity index (χ3v) is 2.52. The zero-order chi connectivity index (χ0) is 13.8. The molecular weight excluding hydrogens is 253 g/mol. The van der Waals surface area contributed by atoms with Crippen LogP contribution < -0.4 is 5.32 Å². The number of nitriles is 1. The van der Waals surface area contributed by atoms with E-state index in [2.05, 4.69) is 5.32 Å². The van der Waals surface area contributed by atoms with E-state index in [-0.39, 0.29) is 17.8 Å². The Bertz CT molecular complexity index is 627. The van der Waals surface area contributed by atoms with Crippen LogP contribution in [0.1, 0.15) is 11.1 Å². The molecular formula is C14H9F3N2. The number of hydrogen-bond donors (Lipinski definition) is 1. The van der Waals surface area contributed by atoms with E-state index in [0.717, 1.165) is 18.2 Å². The second kappa shape index (κ2) is 5.44. The summed E-state index contributed by atoms with van der Waals surface area (Å²) in [6.07, 6.45) is 0. The smallest absolute Gasteiger partial charge is 0.149 e. The van der Waals surface area contributed by atoms with Crippen LogP contribution in [0, 0.1) is 28.8 Å². The van der Waals surface area contributed by atoms with Crippen molar-refractivity contribution in [2.75, 3.05) is 5.32 Å². The second-order valence-electron chi connectivity index (χ2n) is 3.91. The first-order chi connectivity index (χ1) is 9.10. The summed E-state index contributed by atoms with van der Waals surface area (Å²) in [7, 11) is 0. The van der Waals surface area contributed by atoms with Crippen molar-refractivity contribution in [1.29, 1.82) is 5.26 Å². The summed E-state index contributed by atoms with van der Waals surface area (Å²) in [5, 5.41) is 11.3. The highest BCUT2D eigenvalue weighted by Gasteiger charge is 2.08. The molecule has 0 aliphatic carbocycles. The lowest BCUT2D eigenvalue weighted by Crippen LogP contribution is -2.04. The predicted octanol–water partition coefficient (Wildman–Crippen LogP) is 3.59. The normalized spacial score (nSPS) is 10.0. The van der Waals surface area contributed by atoms with E-state index >= 15 is 0 Å². The molecule has 0 radical (unpaired) electrons. The van der Waals surface area contributed by atoms with E-state index in [9.17, 15) is 13.2 Å². The third-order valence-electron chi connectivity index (χ3n) is 2.52. The molecule has 0 atom stereocenters. The zero-order valence-electron chi connectivity index (χ0n) is 9.75. The van der Waals surface area contributed by atoms with Crippen molar-refractivity contribution in [3.63, 3.8) is 0 Å². The molecule has 0 aliphatic rings. The Hall–Kier alpha value is -2.48. The highest BCUT2D eigenvalue weighted by molar-refractivity contribution is 5.47. The lowest BCUT2D eigenvalue weighted by molar-refractivity contribution is 0.588. The molecule has 5 heteroatoms. The number of halogens is 3. The molecule has 0 saturated carbocycles. The molecule has 2 aromatic rings. The number of rotatable bonds is 3. The van der Waals surface area contributed by atoms with Gasteiger partial charge in [-0.15, -0.1) is 0 Å². The quantitative estimate of drug-likeness (QED) is 0.917. The Morgan fingerprint density at radius 3 is 2.37 bits per heavy atom. The van der Waals surface area contributed by atoms with Crippen molar-refractivity contribution in [3.05, 3.63) is 65.0 Å². The van der Waals surface area contributed by atoms with Crippen molar-refractivity contribution in [3.8, 4) is 6.07 Å². The molecule has 2 nitrogen and oxygen atoms in total. The molecule has 0 heterocycles. The molecule has 0 aromatic heterocycles. The maximum atomic E-state index is 13.3. The van der Waals surface area contributed by atoms with Gasteiger partial charge >= 0.3 is 0 Å². The number of benzene rings is 2. The van der Waals surface area contributed by atoms with Crippen molar-refractivity contribution in [1.82, 2.24) is 0 Å². The van der Waals surface area contributed by atoms with Crippen molar-refractivity contribution in [2.24, 2.45) is 0 Å². The fraction of sp³-hybridized carbons (Fsp3) is 0.0714. The summed E-state index contributed by atoms with van der Waals surface area (Å²) in [6.45, 7) is 0.0181. The van der Waals surface area contributed by atoms with Gasteiger partial charge < -0.3 is 5.32 Å². The average Bonchev–Trinajstić information content (AvgIpc) is 2.37. The highest BCUT2D eigenvalue weighted by atomic mass is 19.1. The zero-order valence-corrected chi connectivity index (χ0v) is 9.75. The fourth-order valence-corrected chi connectivity index (χ4v) is 1.67. The summed E-state index contributed by atoms with van der Waals surface area (Å²) >= 11 is 0. The number of hydrogen-bond acceptors (Lipinski definition) is 2. The summed E-state index contributed by atoms with van der Waals surface area (Å²) in [4.78, 5) is 0. The summed E-state index contributed by atoms with van der Waals surface area (Å²) in [5.74, 6) is -2.02. The van der Waals surface area contributed by atoms with Crippen LogP contribution in [-0.2, 0) is 6.54 Å². The maximum absolute atomic E-state index is 13.3. The second-order valence-corrected chi connectivity index (χ2v) is 3.91. The summed E-state index contributed by atoms with van der Waals surface area (Å²) in [5.41, 5.74) is 0.315. The van der Waals surface area contributed by atoms with Gasteiger partial charge in [-0.3, -0.25) is 0 Å². The maximum Gasteiger partial charge on any atom is 0.149 e. The highest BCUT2D eigenvalue weighted by Crippen LogP contribution is 2.19. The van der Waals surface area contributed by atoms with Gasteiger partial charge in [0.1, 0.15) is 23.1 Å². The molecule has 2 aromatic carbocycles. The van der Waals surface area contributed by atoms with Crippen LogP contribution >= 0.6 is 0 Å².